The van der Waals surface area contributed by atoms with Crippen molar-refractivity contribution >= 4 is 0 Å². The number of aromatic nitrogens is 2. The van der Waals surface area contributed by atoms with Gasteiger partial charge in [-0.15, -0.1) is 0 Å². The van der Waals surface area contributed by atoms with Gasteiger partial charge in [0.2, 0.25) is 5.89 Å². The van der Waals surface area contributed by atoms with Crippen molar-refractivity contribution in [1.82, 2.24) is 10.1 Å². The van der Waals surface area contributed by atoms with Crippen LogP contribution in [0.5, 0.6) is 0 Å². The maximum absolute atomic E-state index is 13.2. The Kier molecular flexibility index (Phi) is 3.96. The zero-order valence-corrected chi connectivity index (χ0v) is 11.6. The van der Waals surface area contributed by atoms with Crippen molar-refractivity contribution in [2.24, 2.45) is 11.7 Å². The van der Waals surface area contributed by atoms with Crippen molar-refractivity contribution in [2.45, 2.75) is 31.6 Å². The van der Waals surface area contributed by atoms with Crippen molar-refractivity contribution < 1.29 is 13.3 Å². The molecule has 1 fully saturated rings. The van der Waals surface area contributed by atoms with E-state index in [0.717, 1.165) is 25.3 Å². The Balaban J connectivity index is 1.76. The summed E-state index contributed by atoms with van der Waals surface area (Å²) in [6, 6.07) is 3.39. The number of nitrogens with two attached hydrogens (primary N) is 1. The molecule has 0 aliphatic heterocycles. The summed E-state index contributed by atoms with van der Waals surface area (Å²) in [5.74, 6) is 0.415. The van der Waals surface area contributed by atoms with Gasteiger partial charge in [-0.3, -0.25) is 0 Å². The molecule has 2 N–H and O–H groups in total. The van der Waals surface area contributed by atoms with Crippen LogP contribution >= 0.6 is 0 Å². The second-order valence-corrected chi connectivity index (χ2v) is 5.54. The van der Waals surface area contributed by atoms with Crippen LogP contribution < -0.4 is 5.73 Å². The smallest absolute Gasteiger partial charge is 0.230 e. The Hall–Kier alpha value is -1.82. The lowest BCUT2D eigenvalue weighted by Gasteiger charge is -2.12. The van der Waals surface area contributed by atoms with Crippen LogP contribution in [0.15, 0.2) is 22.7 Å². The lowest BCUT2D eigenvalue weighted by Crippen LogP contribution is -2.17. The highest BCUT2D eigenvalue weighted by atomic mass is 19.1. The SMILES string of the molecule is NCC1CCCC1c1nc(Cc2cc(F)cc(F)c2)no1. The molecule has 0 bridgehead atoms. The number of hydrogen-bond donors (Lipinski definition) is 1. The normalized spacial score (nSPS) is 21.9. The molecule has 1 aliphatic carbocycles. The molecule has 0 spiro atoms. The summed E-state index contributed by atoms with van der Waals surface area (Å²) in [4.78, 5) is 4.37. The lowest BCUT2D eigenvalue weighted by molar-refractivity contribution is 0.323. The van der Waals surface area contributed by atoms with Gasteiger partial charge in [0, 0.05) is 18.4 Å². The quantitative estimate of drug-likeness (QED) is 0.941. The van der Waals surface area contributed by atoms with Gasteiger partial charge in [0.1, 0.15) is 11.6 Å². The molecule has 1 aromatic carbocycles. The molecule has 6 heteroatoms. The Bertz CT molecular complexity index is 609. The maximum atomic E-state index is 13.2. The minimum Gasteiger partial charge on any atom is -0.339 e. The summed E-state index contributed by atoms with van der Waals surface area (Å²) < 4.78 is 31.6. The number of benzene rings is 1. The van der Waals surface area contributed by atoms with Crippen molar-refractivity contribution in [1.29, 1.82) is 0 Å². The molecule has 1 heterocycles. The van der Waals surface area contributed by atoms with Gasteiger partial charge in [0.25, 0.3) is 0 Å². The Morgan fingerprint density at radius 1 is 1.19 bits per heavy atom. The third-order valence-electron chi connectivity index (χ3n) is 4.05. The monoisotopic (exact) mass is 293 g/mol. The second-order valence-electron chi connectivity index (χ2n) is 5.54. The minimum absolute atomic E-state index is 0.209. The first-order chi connectivity index (χ1) is 10.2. The molecule has 0 radical (unpaired) electrons. The fraction of sp³-hybridized carbons (Fsp3) is 0.467. The highest BCUT2D eigenvalue weighted by molar-refractivity contribution is 5.21. The summed E-state index contributed by atoms with van der Waals surface area (Å²) in [6.07, 6.45) is 3.43. The van der Waals surface area contributed by atoms with Crippen molar-refractivity contribution in [3.8, 4) is 0 Å². The van der Waals surface area contributed by atoms with Crippen LogP contribution in [0, 0.1) is 17.6 Å². The molecule has 3 rings (SSSR count). The summed E-state index contributed by atoms with van der Waals surface area (Å²) in [7, 11) is 0. The Morgan fingerprint density at radius 2 is 1.95 bits per heavy atom. The molecule has 1 saturated carbocycles. The third-order valence-corrected chi connectivity index (χ3v) is 4.05. The van der Waals surface area contributed by atoms with Crippen LogP contribution in [-0.2, 0) is 6.42 Å². The molecule has 2 aromatic rings. The predicted molar refractivity (Wildman–Crippen MR) is 72.6 cm³/mol. The summed E-state index contributed by atoms with van der Waals surface area (Å²) >= 11 is 0. The van der Waals surface area contributed by atoms with Gasteiger partial charge in [0.05, 0.1) is 0 Å². The van der Waals surface area contributed by atoms with Gasteiger partial charge in [0.15, 0.2) is 5.82 Å². The molecule has 112 valence electrons. The van der Waals surface area contributed by atoms with E-state index < -0.39 is 11.6 Å². The largest absolute Gasteiger partial charge is 0.339 e. The predicted octanol–water partition coefficient (Wildman–Crippen LogP) is 2.78. The number of halogens is 2. The molecule has 1 aliphatic rings. The van der Waals surface area contributed by atoms with Gasteiger partial charge in [-0.05, 0) is 43.0 Å². The molecular weight excluding hydrogens is 276 g/mol. The molecule has 0 amide bonds. The van der Waals surface area contributed by atoms with E-state index in [0.29, 0.717) is 29.7 Å². The zero-order chi connectivity index (χ0) is 14.8. The van der Waals surface area contributed by atoms with Gasteiger partial charge in [-0.1, -0.05) is 11.6 Å². The number of hydrogen-bond acceptors (Lipinski definition) is 4. The summed E-state index contributed by atoms with van der Waals surface area (Å²) in [5.41, 5.74) is 6.24. The first kappa shape index (κ1) is 14.1. The fourth-order valence-corrected chi connectivity index (χ4v) is 3.03. The molecule has 21 heavy (non-hydrogen) atoms. The van der Waals surface area contributed by atoms with Crippen LogP contribution in [0.25, 0.3) is 0 Å². The first-order valence-electron chi connectivity index (χ1n) is 7.13. The van der Waals surface area contributed by atoms with Crippen LogP contribution in [0.3, 0.4) is 0 Å². The molecule has 2 unspecified atom stereocenters. The van der Waals surface area contributed by atoms with E-state index in [-0.39, 0.29) is 12.3 Å². The Labute approximate surface area is 121 Å². The third kappa shape index (κ3) is 3.10. The molecule has 0 saturated heterocycles. The summed E-state index contributed by atoms with van der Waals surface area (Å²) in [6.45, 7) is 0.609. The number of nitrogens with zero attached hydrogens (tertiary/aromatic N) is 2. The van der Waals surface area contributed by atoms with Gasteiger partial charge < -0.3 is 10.3 Å². The van der Waals surface area contributed by atoms with Crippen LogP contribution in [0.2, 0.25) is 0 Å². The van der Waals surface area contributed by atoms with Gasteiger partial charge >= 0.3 is 0 Å². The zero-order valence-electron chi connectivity index (χ0n) is 11.6. The van der Waals surface area contributed by atoms with Gasteiger partial charge in [-0.2, -0.15) is 4.98 Å². The van der Waals surface area contributed by atoms with E-state index >= 15 is 0 Å². The Morgan fingerprint density at radius 3 is 2.67 bits per heavy atom. The van der Waals surface area contributed by atoms with E-state index in [1.807, 2.05) is 0 Å². The van der Waals surface area contributed by atoms with Crippen molar-refractivity contribution in [2.75, 3.05) is 6.54 Å². The molecular formula is C15H17F2N3O. The van der Waals surface area contributed by atoms with E-state index in [1.54, 1.807) is 0 Å². The second kappa shape index (κ2) is 5.89. The standard InChI is InChI=1S/C15H17F2N3O/c16-11-4-9(5-12(17)7-11)6-14-19-15(21-20-14)13-3-1-2-10(13)8-18/h4-5,7,10,13H,1-3,6,8,18H2. The maximum Gasteiger partial charge on any atom is 0.230 e. The van der Waals surface area contributed by atoms with Crippen molar-refractivity contribution in [3.63, 3.8) is 0 Å². The highest BCUT2D eigenvalue weighted by Gasteiger charge is 2.31. The lowest BCUT2D eigenvalue weighted by atomic mass is 9.96. The van der Waals surface area contributed by atoms with Crippen LogP contribution in [0.1, 0.15) is 42.5 Å². The van der Waals surface area contributed by atoms with E-state index in [9.17, 15) is 8.78 Å². The molecule has 4 nitrogen and oxygen atoms in total. The van der Waals surface area contributed by atoms with E-state index in [1.165, 1.54) is 12.1 Å². The topological polar surface area (TPSA) is 64.9 Å². The molecule has 2 atom stereocenters. The average Bonchev–Trinajstić information content (AvgIpc) is 3.05. The molecule has 1 aromatic heterocycles. The van der Waals surface area contributed by atoms with E-state index in [2.05, 4.69) is 10.1 Å². The van der Waals surface area contributed by atoms with Gasteiger partial charge in [-0.25, -0.2) is 8.78 Å². The van der Waals surface area contributed by atoms with E-state index in [4.69, 9.17) is 10.3 Å². The van der Waals surface area contributed by atoms with Crippen LogP contribution in [0.4, 0.5) is 8.78 Å². The number of rotatable bonds is 4. The first-order valence-corrected chi connectivity index (χ1v) is 7.13. The average molecular weight is 293 g/mol. The fourth-order valence-electron chi connectivity index (χ4n) is 3.03. The minimum atomic E-state index is -0.604. The summed E-state index contributed by atoms with van der Waals surface area (Å²) in [5, 5.41) is 3.91. The highest BCUT2D eigenvalue weighted by Crippen LogP contribution is 2.38. The van der Waals surface area contributed by atoms with Crippen LogP contribution in [-0.4, -0.2) is 16.7 Å². The van der Waals surface area contributed by atoms with Crippen molar-refractivity contribution in [3.05, 3.63) is 47.1 Å².